The number of hydrogen-bond acceptors (Lipinski definition) is 2. The fourth-order valence-corrected chi connectivity index (χ4v) is 1.85. The van der Waals surface area contributed by atoms with Gasteiger partial charge in [0.2, 0.25) is 0 Å². The Bertz CT molecular complexity index is 343. The molecule has 19 heavy (non-hydrogen) atoms. The summed E-state index contributed by atoms with van der Waals surface area (Å²) in [5.74, 6) is -0.682. The van der Waals surface area contributed by atoms with Crippen LogP contribution in [0.25, 0.3) is 0 Å². The first-order valence-corrected chi connectivity index (χ1v) is 6.88. The van der Waals surface area contributed by atoms with Crippen molar-refractivity contribution in [3.05, 3.63) is 0 Å². The van der Waals surface area contributed by atoms with Gasteiger partial charge in [0.1, 0.15) is 0 Å². The lowest BCUT2D eigenvalue weighted by atomic mass is 9.82. The second-order valence-corrected chi connectivity index (χ2v) is 6.75. The lowest BCUT2D eigenvalue weighted by Gasteiger charge is -2.41. The molecule has 0 radical (unpaired) electrons. The first-order valence-electron chi connectivity index (χ1n) is 6.88. The molecule has 1 fully saturated rings. The van der Waals surface area contributed by atoms with Crippen LogP contribution < -0.4 is 5.32 Å². The van der Waals surface area contributed by atoms with Gasteiger partial charge >= 0.3 is 12.0 Å². The number of carboxylic acids is 1. The maximum absolute atomic E-state index is 11.9. The number of amides is 2. The van der Waals surface area contributed by atoms with Gasteiger partial charge < -0.3 is 15.3 Å². The zero-order chi connectivity index (χ0) is 14.8. The molecule has 1 rings (SSSR count). The summed E-state index contributed by atoms with van der Waals surface area (Å²) >= 11 is 0. The summed E-state index contributed by atoms with van der Waals surface area (Å²) in [4.78, 5) is 24.4. The van der Waals surface area contributed by atoms with Gasteiger partial charge in [-0.3, -0.25) is 4.79 Å². The van der Waals surface area contributed by atoms with Gasteiger partial charge in [-0.1, -0.05) is 34.6 Å². The van der Waals surface area contributed by atoms with Crippen LogP contribution in [0.15, 0.2) is 0 Å². The highest BCUT2D eigenvalue weighted by Gasteiger charge is 2.37. The molecule has 5 heteroatoms. The normalized spacial score (nSPS) is 19.5. The summed E-state index contributed by atoms with van der Waals surface area (Å²) in [5.41, 5.74) is 0.169. The summed E-state index contributed by atoms with van der Waals surface area (Å²) in [7, 11) is 0. The van der Waals surface area contributed by atoms with Crippen LogP contribution in [0, 0.1) is 23.2 Å². The number of carbonyl (C=O) groups is 2. The molecule has 1 aliphatic heterocycles. The molecular formula is C14H26N2O3. The quantitative estimate of drug-likeness (QED) is 0.821. The molecule has 1 saturated heterocycles. The van der Waals surface area contributed by atoms with E-state index in [9.17, 15) is 9.59 Å². The number of likely N-dealkylation sites (tertiary alicyclic amines) is 1. The van der Waals surface area contributed by atoms with Crippen molar-refractivity contribution in [2.75, 3.05) is 19.6 Å². The largest absolute Gasteiger partial charge is 0.481 e. The highest BCUT2D eigenvalue weighted by atomic mass is 16.4. The van der Waals surface area contributed by atoms with Gasteiger partial charge in [-0.2, -0.15) is 0 Å². The van der Waals surface area contributed by atoms with E-state index in [2.05, 4.69) is 33.0 Å². The van der Waals surface area contributed by atoms with Gasteiger partial charge in [0, 0.05) is 25.6 Å². The third-order valence-electron chi connectivity index (χ3n) is 4.33. The third kappa shape index (κ3) is 4.11. The Morgan fingerprint density at radius 1 is 1.32 bits per heavy atom. The second-order valence-electron chi connectivity index (χ2n) is 6.75. The van der Waals surface area contributed by atoms with E-state index in [0.29, 0.717) is 25.6 Å². The lowest BCUT2D eigenvalue weighted by Crippen LogP contribution is -2.57. The van der Waals surface area contributed by atoms with Gasteiger partial charge in [0.05, 0.1) is 5.92 Å². The number of nitrogens with one attached hydrogen (secondary N) is 1. The molecule has 0 aromatic heterocycles. The Hall–Kier alpha value is -1.26. The highest BCUT2D eigenvalue weighted by molar-refractivity contribution is 5.76. The zero-order valence-corrected chi connectivity index (χ0v) is 12.6. The van der Waals surface area contributed by atoms with E-state index in [-0.39, 0.29) is 23.3 Å². The number of hydrogen-bond donors (Lipinski definition) is 2. The minimum Gasteiger partial charge on any atom is -0.481 e. The average molecular weight is 270 g/mol. The molecule has 0 spiro atoms. The molecule has 1 aliphatic rings. The smallest absolute Gasteiger partial charge is 0.317 e. The van der Waals surface area contributed by atoms with Gasteiger partial charge in [-0.15, -0.1) is 0 Å². The Labute approximate surface area is 115 Å². The van der Waals surface area contributed by atoms with Crippen LogP contribution in [0.3, 0.4) is 0 Å². The van der Waals surface area contributed by atoms with Crippen molar-refractivity contribution in [2.45, 2.75) is 34.6 Å². The highest BCUT2D eigenvalue weighted by Crippen LogP contribution is 2.26. The molecule has 2 amide bonds. The number of nitrogens with zero attached hydrogens (tertiary/aromatic N) is 1. The minimum atomic E-state index is -0.786. The van der Waals surface area contributed by atoms with Crippen molar-refractivity contribution >= 4 is 12.0 Å². The molecule has 0 saturated carbocycles. The third-order valence-corrected chi connectivity index (χ3v) is 4.33. The van der Waals surface area contributed by atoms with Crippen LogP contribution in [-0.4, -0.2) is 41.6 Å². The molecule has 0 aliphatic carbocycles. The number of carbonyl (C=O) groups excluding carboxylic acids is 1. The van der Waals surface area contributed by atoms with Crippen LogP contribution in [-0.2, 0) is 4.79 Å². The Morgan fingerprint density at radius 2 is 1.84 bits per heavy atom. The Balaban J connectivity index is 2.29. The van der Waals surface area contributed by atoms with Crippen molar-refractivity contribution in [1.82, 2.24) is 10.2 Å². The van der Waals surface area contributed by atoms with Crippen LogP contribution >= 0.6 is 0 Å². The minimum absolute atomic E-state index is 0.0788. The van der Waals surface area contributed by atoms with E-state index in [0.717, 1.165) is 0 Å². The van der Waals surface area contributed by atoms with E-state index in [1.165, 1.54) is 0 Å². The molecular weight excluding hydrogens is 244 g/mol. The van der Waals surface area contributed by atoms with E-state index < -0.39 is 5.97 Å². The number of urea groups is 1. The summed E-state index contributed by atoms with van der Waals surface area (Å²) in [6.45, 7) is 12.0. The van der Waals surface area contributed by atoms with Gasteiger partial charge in [-0.05, 0) is 11.3 Å². The zero-order valence-electron chi connectivity index (χ0n) is 12.6. The number of carboxylic acid groups (broad SMARTS) is 1. The van der Waals surface area contributed by atoms with Crippen molar-refractivity contribution in [3.63, 3.8) is 0 Å². The van der Waals surface area contributed by atoms with Crippen LogP contribution in [0.4, 0.5) is 4.79 Å². The molecule has 1 heterocycles. The van der Waals surface area contributed by atoms with E-state index in [4.69, 9.17) is 5.11 Å². The van der Waals surface area contributed by atoms with Crippen molar-refractivity contribution in [2.24, 2.45) is 23.2 Å². The fourth-order valence-electron chi connectivity index (χ4n) is 1.85. The first-order chi connectivity index (χ1) is 8.62. The summed E-state index contributed by atoms with van der Waals surface area (Å²) < 4.78 is 0. The monoisotopic (exact) mass is 270 g/mol. The van der Waals surface area contributed by atoms with Crippen molar-refractivity contribution in [1.29, 1.82) is 0 Å². The predicted molar refractivity (Wildman–Crippen MR) is 73.9 cm³/mol. The van der Waals surface area contributed by atoms with Crippen molar-refractivity contribution in [3.8, 4) is 0 Å². The van der Waals surface area contributed by atoms with Gasteiger partial charge in [0.25, 0.3) is 0 Å². The maximum atomic E-state index is 11.9. The average Bonchev–Trinajstić information content (AvgIpc) is 2.21. The first kappa shape index (κ1) is 15.8. The number of aliphatic carboxylic acids is 1. The molecule has 5 nitrogen and oxygen atoms in total. The van der Waals surface area contributed by atoms with Gasteiger partial charge in [0.15, 0.2) is 0 Å². The van der Waals surface area contributed by atoms with E-state index >= 15 is 0 Å². The SMILES string of the molecule is CC(C(=O)O)C1CN(C(=O)NCC(C)C(C)(C)C)C1. The summed E-state index contributed by atoms with van der Waals surface area (Å²) in [6, 6.07) is -0.0788. The molecule has 110 valence electrons. The maximum Gasteiger partial charge on any atom is 0.317 e. The Morgan fingerprint density at radius 3 is 2.26 bits per heavy atom. The summed E-state index contributed by atoms with van der Waals surface area (Å²) in [5, 5.41) is 11.8. The van der Waals surface area contributed by atoms with Crippen LogP contribution in [0.2, 0.25) is 0 Å². The van der Waals surface area contributed by atoms with Crippen molar-refractivity contribution < 1.29 is 14.7 Å². The predicted octanol–water partition coefficient (Wildman–Crippen LogP) is 2.03. The molecule has 2 unspecified atom stereocenters. The molecule has 0 aromatic rings. The summed E-state index contributed by atoms with van der Waals surface area (Å²) in [6.07, 6.45) is 0. The lowest BCUT2D eigenvalue weighted by molar-refractivity contribution is -0.144. The number of rotatable bonds is 4. The Kier molecular flexibility index (Phi) is 4.82. The second kappa shape index (κ2) is 5.80. The van der Waals surface area contributed by atoms with E-state index in [1.54, 1.807) is 11.8 Å². The van der Waals surface area contributed by atoms with E-state index in [1.807, 2.05) is 0 Å². The topological polar surface area (TPSA) is 69.6 Å². The molecule has 0 aromatic carbocycles. The molecule has 0 bridgehead atoms. The van der Waals surface area contributed by atoms with Crippen LogP contribution in [0.5, 0.6) is 0 Å². The van der Waals surface area contributed by atoms with Crippen LogP contribution in [0.1, 0.15) is 34.6 Å². The van der Waals surface area contributed by atoms with Gasteiger partial charge in [-0.25, -0.2) is 4.79 Å². The molecule has 2 N–H and O–H groups in total. The standard InChI is InChI=1S/C14H26N2O3/c1-9(14(3,4)5)6-15-13(19)16-7-11(8-16)10(2)12(17)18/h9-11H,6-8H2,1-5H3,(H,15,19)(H,17,18). The fraction of sp³-hybridized carbons (Fsp3) is 0.857. The molecule has 2 atom stereocenters.